The third kappa shape index (κ3) is 4.42. The zero-order chi connectivity index (χ0) is 23.0. The highest BCUT2D eigenvalue weighted by Gasteiger charge is 2.22. The van der Waals surface area contributed by atoms with Gasteiger partial charge in [0.1, 0.15) is 5.75 Å². The van der Waals surface area contributed by atoms with E-state index < -0.39 is 9.84 Å². The maximum Gasteiger partial charge on any atom is 0.237 e. The summed E-state index contributed by atoms with van der Waals surface area (Å²) in [5.74, 6) is 0.797. The number of nitrogens with one attached hydrogen (secondary N) is 1. The van der Waals surface area contributed by atoms with E-state index in [2.05, 4.69) is 19.9 Å². The van der Waals surface area contributed by atoms with Crippen molar-refractivity contribution >= 4 is 26.6 Å². The molecule has 1 N–H and O–H groups in total. The molecule has 4 heterocycles. The molecule has 0 aliphatic carbocycles. The van der Waals surface area contributed by atoms with E-state index in [1.165, 1.54) is 12.4 Å². The molecule has 0 radical (unpaired) electrons. The molecule has 33 heavy (non-hydrogen) atoms. The van der Waals surface area contributed by atoms with Crippen LogP contribution in [0.1, 0.15) is 18.4 Å². The quantitative estimate of drug-likeness (QED) is 0.466. The van der Waals surface area contributed by atoms with Gasteiger partial charge in [0.2, 0.25) is 11.8 Å². The highest BCUT2D eigenvalue weighted by Crippen LogP contribution is 2.33. The smallest absolute Gasteiger partial charge is 0.237 e. The molecular formula is C23H21N5O4S. The average molecular weight is 464 g/mol. The van der Waals surface area contributed by atoms with Crippen LogP contribution in [0.4, 0.5) is 0 Å². The number of carbonyl (C=O) groups excluding carboxylic acids is 1. The first-order valence-corrected chi connectivity index (χ1v) is 12.3. The van der Waals surface area contributed by atoms with Crippen molar-refractivity contribution in [3.8, 4) is 23.0 Å². The first-order valence-electron chi connectivity index (χ1n) is 10.4. The van der Waals surface area contributed by atoms with Crippen molar-refractivity contribution in [1.82, 2.24) is 24.8 Å². The maximum absolute atomic E-state index is 12.2. The normalized spacial score (nSPS) is 14.2. The van der Waals surface area contributed by atoms with Crippen molar-refractivity contribution < 1.29 is 17.9 Å². The lowest BCUT2D eigenvalue weighted by Gasteiger charge is -2.18. The third-order valence-electron chi connectivity index (χ3n) is 5.47. The second kappa shape index (κ2) is 8.28. The van der Waals surface area contributed by atoms with Gasteiger partial charge in [0, 0.05) is 48.4 Å². The number of aromatic nitrogens is 4. The second-order valence-corrected chi connectivity index (χ2v) is 9.89. The highest BCUT2D eigenvalue weighted by molar-refractivity contribution is 7.90. The number of carbonyl (C=O) groups is 1. The van der Waals surface area contributed by atoms with Gasteiger partial charge in [0.15, 0.2) is 14.9 Å². The Morgan fingerprint density at radius 2 is 2.00 bits per heavy atom. The summed E-state index contributed by atoms with van der Waals surface area (Å²) in [6.45, 7) is 1.10. The molecule has 3 aromatic heterocycles. The van der Waals surface area contributed by atoms with E-state index in [9.17, 15) is 13.2 Å². The fourth-order valence-electron chi connectivity index (χ4n) is 3.82. The molecule has 0 saturated carbocycles. The fraction of sp³-hybridized carbons (Fsp3) is 0.217. The summed E-state index contributed by atoms with van der Waals surface area (Å²) in [5, 5.41) is 0.779. The van der Waals surface area contributed by atoms with Crippen LogP contribution >= 0.6 is 0 Å². The molecule has 1 aromatic carbocycles. The van der Waals surface area contributed by atoms with E-state index in [0.29, 0.717) is 25.3 Å². The Morgan fingerprint density at radius 3 is 2.67 bits per heavy atom. The molecule has 9 nitrogen and oxygen atoms in total. The number of H-pyrrole nitrogens is 1. The predicted octanol–water partition coefficient (Wildman–Crippen LogP) is 3.34. The number of hydrogen-bond acceptors (Lipinski definition) is 7. The van der Waals surface area contributed by atoms with Crippen LogP contribution in [-0.2, 0) is 21.2 Å². The molecule has 0 unspecified atom stereocenters. The van der Waals surface area contributed by atoms with E-state index in [4.69, 9.17) is 4.74 Å². The molecule has 0 spiro atoms. The molecule has 168 valence electrons. The van der Waals surface area contributed by atoms with Crippen LogP contribution in [-0.4, -0.2) is 52.0 Å². The van der Waals surface area contributed by atoms with Crippen molar-refractivity contribution in [2.45, 2.75) is 24.4 Å². The van der Waals surface area contributed by atoms with Gasteiger partial charge >= 0.3 is 0 Å². The van der Waals surface area contributed by atoms with Crippen molar-refractivity contribution in [2.24, 2.45) is 0 Å². The number of fused-ring (bicyclic) bond motifs is 1. The third-order valence-corrected chi connectivity index (χ3v) is 6.44. The van der Waals surface area contributed by atoms with E-state index >= 15 is 0 Å². The number of sulfone groups is 1. The summed E-state index contributed by atoms with van der Waals surface area (Å²) in [5.41, 5.74) is 3.38. The minimum atomic E-state index is -3.46. The largest absolute Gasteiger partial charge is 0.437 e. The van der Waals surface area contributed by atoms with E-state index in [-0.39, 0.29) is 16.8 Å². The van der Waals surface area contributed by atoms with E-state index in [0.717, 1.165) is 40.5 Å². The van der Waals surface area contributed by atoms with Crippen LogP contribution in [0.5, 0.6) is 11.6 Å². The molecule has 10 heteroatoms. The van der Waals surface area contributed by atoms with Crippen LogP contribution in [0.25, 0.3) is 22.3 Å². The van der Waals surface area contributed by atoms with Gasteiger partial charge in [-0.1, -0.05) is 6.07 Å². The number of pyridine rings is 1. The highest BCUT2D eigenvalue weighted by atomic mass is 32.2. The lowest BCUT2D eigenvalue weighted by molar-refractivity contribution is -0.128. The van der Waals surface area contributed by atoms with Crippen molar-refractivity contribution in [3.05, 3.63) is 60.6 Å². The Hall–Kier alpha value is -3.79. The Balaban J connectivity index is 1.54. The maximum atomic E-state index is 12.2. The Morgan fingerprint density at radius 1 is 1.12 bits per heavy atom. The first-order chi connectivity index (χ1) is 15.9. The van der Waals surface area contributed by atoms with Crippen molar-refractivity contribution in [1.29, 1.82) is 0 Å². The number of rotatable bonds is 6. The van der Waals surface area contributed by atoms with Gasteiger partial charge < -0.3 is 14.6 Å². The van der Waals surface area contributed by atoms with Gasteiger partial charge in [-0.3, -0.25) is 9.78 Å². The average Bonchev–Trinajstić information content (AvgIpc) is 3.40. The number of nitrogens with zero attached hydrogens (tertiary/aromatic N) is 4. The van der Waals surface area contributed by atoms with Gasteiger partial charge in [0.25, 0.3) is 0 Å². The van der Waals surface area contributed by atoms with Crippen molar-refractivity contribution in [3.63, 3.8) is 0 Å². The summed E-state index contributed by atoms with van der Waals surface area (Å²) in [6.07, 6.45) is 6.63. The number of benzene rings is 1. The number of ether oxygens (including phenoxy) is 1. The zero-order valence-electron chi connectivity index (χ0n) is 17.9. The Bertz CT molecular complexity index is 1430. The summed E-state index contributed by atoms with van der Waals surface area (Å²) >= 11 is 0. The molecule has 1 amide bonds. The van der Waals surface area contributed by atoms with Crippen LogP contribution in [0.2, 0.25) is 0 Å². The topological polar surface area (TPSA) is 118 Å². The summed E-state index contributed by atoms with van der Waals surface area (Å²) in [4.78, 5) is 29.8. The summed E-state index contributed by atoms with van der Waals surface area (Å²) < 4.78 is 29.3. The summed E-state index contributed by atoms with van der Waals surface area (Å²) in [7, 11) is -3.46. The number of amides is 1. The zero-order valence-corrected chi connectivity index (χ0v) is 18.7. The monoisotopic (exact) mass is 463 g/mol. The molecule has 1 saturated heterocycles. The predicted molar refractivity (Wildman–Crippen MR) is 121 cm³/mol. The molecule has 1 fully saturated rings. The Labute approximate surface area is 190 Å². The molecule has 5 rings (SSSR count). The second-order valence-electron chi connectivity index (χ2n) is 7.93. The number of hydrogen-bond donors (Lipinski definition) is 1. The molecule has 1 aliphatic heterocycles. The fourth-order valence-corrected chi connectivity index (χ4v) is 4.31. The van der Waals surface area contributed by atoms with Crippen LogP contribution in [0.3, 0.4) is 0 Å². The molecule has 0 bridgehead atoms. The van der Waals surface area contributed by atoms with Crippen molar-refractivity contribution in [2.75, 3.05) is 12.8 Å². The minimum Gasteiger partial charge on any atom is -0.437 e. The molecule has 1 aliphatic rings. The van der Waals surface area contributed by atoms with Gasteiger partial charge in [-0.25, -0.2) is 18.4 Å². The standard InChI is InChI=1S/C23H21N5O4S/c1-33(30,31)22-13-25-21(12-26-22)32-20-11-15-9-19(17-5-2-3-7-24-17)27-18(15)10-16(20)14-28-8-4-6-23(28)29/h2-3,5,7,9-13,27H,4,6,8,14H2,1H3. The molecule has 0 atom stereocenters. The Kier molecular flexibility index (Phi) is 5.29. The van der Waals surface area contributed by atoms with E-state index in [1.54, 1.807) is 11.1 Å². The minimum absolute atomic E-state index is 0.110. The van der Waals surface area contributed by atoms with Gasteiger partial charge in [-0.2, -0.15) is 0 Å². The molecular weight excluding hydrogens is 442 g/mol. The van der Waals surface area contributed by atoms with E-state index in [1.807, 2.05) is 36.4 Å². The first kappa shape index (κ1) is 21.1. The van der Waals surface area contributed by atoms with Gasteiger partial charge in [-0.05, 0) is 36.8 Å². The lowest BCUT2D eigenvalue weighted by Crippen LogP contribution is -2.24. The SMILES string of the molecule is CS(=O)(=O)c1cnc(Oc2cc3cc(-c4ccccn4)[nH]c3cc2CN2CCCC2=O)cn1. The summed E-state index contributed by atoms with van der Waals surface area (Å²) in [6, 6.07) is 11.5. The number of likely N-dealkylation sites (tertiary alicyclic amines) is 1. The van der Waals surface area contributed by atoms with Crippen LogP contribution in [0.15, 0.2) is 60.0 Å². The van der Waals surface area contributed by atoms with Crippen LogP contribution in [0, 0.1) is 0 Å². The van der Waals surface area contributed by atoms with Gasteiger partial charge in [0.05, 0.1) is 23.8 Å². The van der Waals surface area contributed by atoms with Gasteiger partial charge in [-0.15, -0.1) is 0 Å². The van der Waals surface area contributed by atoms with Crippen LogP contribution < -0.4 is 4.74 Å². The number of aromatic amines is 1. The molecule has 4 aromatic rings. The lowest BCUT2D eigenvalue weighted by atomic mass is 10.1.